The van der Waals surface area contributed by atoms with Crippen molar-refractivity contribution < 1.29 is 24.2 Å². The molecule has 0 aromatic carbocycles. The van der Waals surface area contributed by atoms with E-state index in [9.17, 15) is 19.5 Å². The van der Waals surface area contributed by atoms with Crippen molar-refractivity contribution in [3.8, 4) is 0 Å². The number of β-lactam (4-membered cyclic amide) rings is 1. The van der Waals surface area contributed by atoms with Crippen LogP contribution in [0.1, 0.15) is 0 Å². The number of thioether (sulfide) groups is 1. The molecular weight excluding hydrogens is 286 g/mol. The van der Waals surface area contributed by atoms with Crippen LogP contribution in [-0.2, 0) is 14.3 Å². The molecule has 0 bridgehead atoms. The van der Waals surface area contributed by atoms with Crippen LogP contribution in [0.4, 0.5) is 4.79 Å². The molecule has 2 aliphatic rings. The molecule has 0 aromatic heterocycles. The zero-order chi connectivity index (χ0) is 15.0. The Balaban J connectivity index is 2.18. The summed E-state index contributed by atoms with van der Waals surface area (Å²) < 4.78 is 4.98. The third-order valence-electron chi connectivity index (χ3n) is 3.03. The normalized spacial score (nSPS) is 24.9. The summed E-state index contributed by atoms with van der Waals surface area (Å²) in [5.41, 5.74) is 5.91. The third kappa shape index (κ3) is 2.34. The van der Waals surface area contributed by atoms with E-state index in [0.717, 1.165) is 0 Å². The van der Waals surface area contributed by atoms with E-state index in [2.05, 4.69) is 0 Å². The Hall–Kier alpha value is -1.74. The van der Waals surface area contributed by atoms with Gasteiger partial charge in [-0.2, -0.15) is 0 Å². The van der Waals surface area contributed by atoms with Gasteiger partial charge >= 0.3 is 12.1 Å². The van der Waals surface area contributed by atoms with Gasteiger partial charge in [-0.1, -0.05) is 0 Å². The van der Waals surface area contributed by atoms with Crippen molar-refractivity contribution >= 4 is 29.7 Å². The van der Waals surface area contributed by atoms with E-state index in [1.165, 1.54) is 35.7 Å². The van der Waals surface area contributed by atoms with E-state index in [-0.39, 0.29) is 17.7 Å². The highest BCUT2D eigenvalue weighted by Crippen LogP contribution is 2.39. The van der Waals surface area contributed by atoms with Gasteiger partial charge in [0.15, 0.2) is 0 Å². The number of carbonyl (C=O) groups is 3. The van der Waals surface area contributed by atoms with Crippen molar-refractivity contribution in [1.29, 1.82) is 0 Å². The van der Waals surface area contributed by atoms with Gasteiger partial charge in [0.2, 0.25) is 5.91 Å². The molecule has 2 aliphatic heterocycles. The van der Waals surface area contributed by atoms with E-state index in [1.54, 1.807) is 0 Å². The van der Waals surface area contributed by atoms with E-state index >= 15 is 0 Å². The first-order valence-electron chi connectivity index (χ1n) is 5.84. The number of carboxylic acids is 1. The molecule has 0 saturated carbocycles. The van der Waals surface area contributed by atoms with E-state index in [1.807, 2.05) is 0 Å². The lowest BCUT2D eigenvalue weighted by Gasteiger charge is -2.47. The number of aliphatic carboxylic acids is 1. The second-order valence-corrected chi connectivity index (χ2v) is 5.75. The number of rotatable bonds is 3. The molecule has 0 radical (unpaired) electrons. The summed E-state index contributed by atoms with van der Waals surface area (Å²) in [5, 5.41) is 8.91. The summed E-state index contributed by atoms with van der Waals surface area (Å²) in [4.78, 5) is 36.8. The minimum absolute atomic E-state index is 0.119. The zero-order valence-electron chi connectivity index (χ0n) is 11.0. The molecule has 8 nitrogen and oxygen atoms in total. The third-order valence-corrected chi connectivity index (χ3v) is 4.39. The molecule has 1 fully saturated rings. The van der Waals surface area contributed by atoms with Gasteiger partial charge < -0.3 is 20.5 Å². The first kappa shape index (κ1) is 14.7. The van der Waals surface area contributed by atoms with Gasteiger partial charge in [-0.15, -0.1) is 11.8 Å². The first-order chi connectivity index (χ1) is 9.34. The van der Waals surface area contributed by atoms with Crippen LogP contribution in [0.3, 0.4) is 0 Å². The smallest absolute Gasteiger partial charge is 0.409 e. The maximum Gasteiger partial charge on any atom is 0.409 e. The summed E-state index contributed by atoms with van der Waals surface area (Å²) >= 11 is 1.37. The van der Waals surface area contributed by atoms with Gasteiger partial charge in [0, 0.05) is 25.4 Å². The quantitative estimate of drug-likeness (QED) is 0.660. The second-order valence-electron chi connectivity index (χ2n) is 4.64. The number of carbonyl (C=O) groups excluding carboxylic acids is 2. The topological polar surface area (TPSA) is 113 Å². The number of hydrogen-bond donors (Lipinski definition) is 2. The fraction of sp³-hybridized carbons (Fsp3) is 0.545. The predicted molar refractivity (Wildman–Crippen MR) is 70.8 cm³/mol. The summed E-state index contributed by atoms with van der Waals surface area (Å²) in [5.74, 6) is -1.27. The minimum atomic E-state index is -1.22. The van der Waals surface area contributed by atoms with Crippen LogP contribution in [0.15, 0.2) is 11.3 Å². The number of nitrogens with two attached hydrogens (primary N) is 1. The lowest BCUT2D eigenvalue weighted by atomic mass is 10.0. The molecule has 2 heterocycles. The van der Waals surface area contributed by atoms with Crippen LogP contribution in [0.25, 0.3) is 0 Å². The molecule has 1 saturated heterocycles. The van der Waals surface area contributed by atoms with Gasteiger partial charge in [0.1, 0.15) is 23.7 Å². The van der Waals surface area contributed by atoms with Crippen LogP contribution in [0.2, 0.25) is 0 Å². The molecule has 20 heavy (non-hydrogen) atoms. The zero-order valence-corrected chi connectivity index (χ0v) is 11.8. The number of nitrogens with zero attached hydrogens (tertiary/aromatic N) is 2. The van der Waals surface area contributed by atoms with Crippen molar-refractivity contribution in [2.45, 2.75) is 11.4 Å². The van der Waals surface area contributed by atoms with Crippen LogP contribution < -0.4 is 5.73 Å². The second kappa shape index (κ2) is 5.33. The molecule has 110 valence electrons. The highest BCUT2D eigenvalue weighted by molar-refractivity contribution is 8.00. The van der Waals surface area contributed by atoms with Gasteiger partial charge in [-0.25, -0.2) is 9.59 Å². The SMILES string of the molecule is CN(C)C(=O)OCC1=C(C(=O)O)N2C(=O)[C@@H](N)[C@H]2SC1. The number of fused-ring (bicyclic) bond motifs is 1. The molecule has 2 amide bonds. The van der Waals surface area contributed by atoms with Crippen LogP contribution in [0, 0.1) is 0 Å². The van der Waals surface area contributed by atoms with Gasteiger partial charge in [0.25, 0.3) is 0 Å². The van der Waals surface area contributed by atoms with Crippen molar-refractivity contribution in [1.82, 2.24) is 9.80 Å². The van der Waals surface area contributed by atoms with E-state index < -0.39 is 24.0 Å². The average Bonchev–Trinajstić information content (AvgIpc) is 2.42. The number of carboxylic acid groups (broad SMARTS) is 1. The van der Waals surface area contributed by atoms with Crippen molar-refractivity contribution in [2.75, 3.05) is 26.5 Å². The molecule has 0 spiro atoms. The first-order valence-corrected chi connectivity index (χ1v) is 6.89. The molecule has 0 aliphatic carbocycles. The molecule has 2 rings (SSSR count). The Labute approximate surface area is 119 Å². The lowest BCUT2D eigenvalue weighted by molar-refractivity contribution is -0.148. The number of amides is 2. The summed E-state index contributed by atoms with van der Waals surface area (Å²) in [6.45, 7) is -0.155. The predicted octanol–water partition coefficient (Wildman–Crippen LogP) is -0.734. The van der Waals surface area contributed by atoms with E-state index in [4.69, 9.17) is 10.5 Å². The Bertz CT molecular complexity index is 504. The van der Waals surface area contributed by atoms with Crippen molar-refractivity contribution in [2.24, 2.45) is 5.73 Å². The fourth-order valence-corrected chi connectivity index (χ4v) is 3.24. The van der Waals surface area contributed by atoms with Gasteiger partial charge in [-0.05, 0) is 0 Å². The monoisotopic (exact) mass is 301 g/mol. The number of ether oxygens (including phenoxy) is 1. The Morgan fingerprint density at radius 3 is 2.75 bits per heavy atom. The molecule has 0 aromatic rings. The standard InChI is InChI=1S/C11H15N3O5S/c1-13(2)11(18)19-3-5-4-20-9-6(12)8(15)14(9)7(5)10(16)17/h6,9H,3-4,12H2,1-2H3,(H,16,17)/t6-,9-/m1/s1. The molecule has 2 atom stereocenters. The lowest BCUT2D eigenvalue weighted by Crippen LogP contribution is -2.68. The summed E-state index contributed by atoms with van der Waals surface area (Å²) in [6.07, 6.45) is -0.569. The Morgan fingerprint density at radius 2 is 2.20 bits per heavy atom. The average molecular weight is 301 g/mol. The van der Waals surface area contributed by atoms with Crippen molar-refractivity contribution in [3.63, 3.8) is 0 Å². The fourth-order valence-electron chi connectivity index (χ4n) is 1.97. The van der Waals surface area contributed by atoms with Crippen LogP contribution in [-0.4, -0.2) is 70.7 Å². The maximum absolute atomic E-state index is 11.7. The molecule has 0 unspecified atom stereocenters. The van der Waals surface area contributed by atoms with Gasteiger partial charge in [-0.3, -0.25) is 9.69 Å². The Morgan fingerprint density at radius 1 is 1.55 bits per heavy atom. The largest absolute Gasteiger partial charge is 0.477 e. The molecule has 3 N–H and O–H groups in total. The van der Waals surface area contributed by atoms with Gasteiger partial charge in [0.05, 0.1) is 0 Å². The van der Waals surface area contributed by atoms with E-state index in [0.29, 0.717) is 11.3 Å². The van der Waals surface area contributed by atoms with Crippen LogP contribution >= 0.6 is 11.8 Å². The van der Waals surface area contributed by atoms with Crippen LogP contribution in [0.5, 0.6) is 0 Å². The van der Waals surface area contributed by atoms with Crippen molar-refractivity contribution in [3.05, 3.63) is 11.3 Å². The molecule has 9 heteroatoms. The minimum Gasteiger partial charge on any atom is -0.477 e. The highest BCUT2D eigenvalue weighted by Gasteiger charge is 2.51. The summed E-state index contributed by atoms with van der Waals surface area (Å²) in [6, 6.07) is -0.666. The summed E-state index contributed by atoms with van der Waals surface area (Å²) in [7, 11) is 3.05. The maximum atomic E-state index is 11.7. The number of hydrogen-bond acceptors (Lipinski definition) is 6. The highest BCUT2D eigenvalue weighted by atomic mass is 32.2. The molecular formula is C11H15N3O5S. The Kier molecular flexibility index (Phi) is 3.91.